The van der Waals surface area contributed by atoms with Crippen LogP contribution in [-0.2, 0) is 27.2 Å². The number of phenols is 1. The fraction of sp³-hybridized carbons (Fsp3) is 0.261. The number of β-lactam (4-membered cyclic amide) rings is 1. The van der Waals surface area contributed by atoms with E-state index in [0.717, 1.165) is 17.3 Å². The van der Waals surface area contributed by atoms with Crippen molar-refractivity contribution in [2.75, 3.05) is 7.11 Å². The Bertz CT molecular complexity index is 1120. The molecule has 2 heterocycles. The van der Waals surface area contributed by atoms with Gasteiger partial charge in [-0.25, -0.2) is 4.79 Å². The second kappa shape index (κ2) is 8.58. The fourth-order valence-corrected chi connectivity index (χ4v) is 5.44. The standard InChI is InChI=1S/C23H22N2O6S/c1-31-17-11-13(7-8-15(17)26)9-14-19(23(29)30)25-21(28)18(22(25)32-20(14)24)16(27)10-12-5-3-2-4-6-12/h2-8,11,18-19,22,26H,9-10,24H2,1H3,(H,29,30)/t18-,19?,22-/m1/s1. The maximum atomic E-state index is 12.9. The monoisotopic (exact) mass is 454 g/mol. The van der Waals surface area contributed by atoms with Gasteiger partial charge in [-0.2, -0.15) is 0 Å². The van der Waals surface area contributed by atoms with Crippen molar-refractivity contribution in [1.82, 2.24) is 4.90 Å². The topological polar surface area (TPSA) is 130 Å². The van der Waals surface area contributed by atoms with Gasteiger partial charge in [0.25, 0.3) is 0 Å². The summed E-state index contributed by atoms with van der Waals surface area (Å²) in [4.78, 5) is 39.1. The molecule has 8 nitrogen and oxygen atoms in total. The molecule has 1 fully saturated rings. The maximum Gasteiger partial charge on any atom is 0.330 e. The van der Waals surface area contributed by atoms with Crippen LogP contribution in [0.4, 0.5) is 0 Å². The summed E-state index contributed by atoms with van der Waals surface area (Å²) in [6.45, 7) is 0. The summed E-state index contributed by atoms with van der Waals surface area (Å²) in [5.41, 5.74) is 8.09. The zero-order valence-electron chi connectivity index (χ0n) is 17.2. The normalized spacial score (nSPS) is 22.2. The van der Waals surface area contributed by atoms with Crippen LogP contribution in [0.15, 0.2) is 59.1 Å². The van der Waals surface area contributed by atoms with Gasteiger partial charge in [0.15, 0.2) is 23.3 Å². The van der Waals surface area contributed by atoms with E-state index in [4.69, 9.17) is 10.5 Å². The molecule has 166 valence electrons. The number of phenolic OH excluding ortho intramolecular Hbond substituents is 1. The van der Waals surface area contributed by atoms with E-state index in [1.54, 1.807) is 12.1 Å². The van der Waals surface area contributed by atoms with Crippen LogP contribution in [0.1, 0.15) is 11.1 Å². The maximum absolute atomic E-state index is 12.9. The second-order valence-corrected chi connectivity index (χ2v) is 8.83. The highest BCUT2D eigenvalue weighted by Gasteiger charge is 2.58. The number of benzene rings is 2. The average molecular weight is 455 g/mol. The predicted molar refractivity (Wildman–Crippen MR) is 118 cm³/mol. The van der Waals surface area contributed by atoms with Crippen molar-refractivity contribution in [3.8, 4) is 11.5 Å². The van der Waals surface area contributed by atoms with E-state index in [2.05, 4.69) is 0 Å². The Kier molecular flexibility index (Phi) is 5.84. The molecule has 2 aromatic carbocycles. The fourth-order valence-electron chi connectivity index (χ4n) is 4.10. The van der Waals surface area contributed by atoms with E-state index in [1.807, 2.05) is 30.3 Å². The van der Waals surface area contributed by atoms with Gasteiger partial charge in [-0.1, -0.05) is 48.2 Å². The number of Topliss-reactive ketones (excluding diaryl/α,β-unsaturated/α-hetero) is 1. The van der Waals surface area contributed by atoms with Gasteiger partial charge in [0, 0.05) is 6.42 Å². The number of carbonyl (C=O) groups excluding carboxylic acids is 2. The van der Waals surface area contributed by atoms with E-state index in [0.29, 0.717) is 11.1 Å². The van der Waals surface area contributed by atoms with Crippen LogP contribution in [0.2, 0.25) is 0 Å². The third kappa shape index (κ3) is 3.80. The summed E-state index contributed by atoms with van der Waals surface area (Å²) in [5, 5.41) is 19.3. The number of carbonyl (C=O) groups is 3. The van der Waals surface area contributed by atoms with Crippen LogP contribution in [0.3, 0.4) is 0 Å². The molecule has 32 heavy (non-hydrogen) atoms. The number of carboxylic acids is 1. The van der Waals surface area contributed by atoms with Gasteiger partial charge < -0.3 is 25.6 Å². The first-order valence-electron chi connectivity index (χ1n) is 9.94. The van der Waals surface area contributed by atoms with Crippen LogP contribution < -0.4 is 10.5 Å². The lowest BCUT2D eigenvalue weighted by molar-refractivity contribution is -0.165. The molecule has 0 bridgehead atoms. The molecule has 3 atom stereocenters. The number of fused-ring (bicyclic) bond motifs is 1. The van der Waals surface area contributed by atoms with Crippen molar-refractivity contribution in [2.24, 2.45) is 11.7 Å². The molecule has 2 aliphatic rings. The van der Waals surface area contributed by atoms with E-state index in [1.165, 1.54) is 18.1 Å². The minimum atomic E-state index is -1.26. The first-order chi connectivity index (χ1) is 15.3. The zero-order chi connectivity index (χ0) is 23.0. The van der Waals surface area contributed by atoms with Crippen LogP contribution >= 0.6 is 11.8 Å². The first-order valence-corrected chi connectivity index (χ1v) is 10.8. The van der Waals surface area contributed by atoms with Crippen molar-refractivity contribution in [3.63, 3.8) is 0 Å². The molecule has 0 saturated carbocycles. The van der Waals surface area contributed by atoms with Crippen molar-refractivity contribution in [3.05, 3.63) is 70.3 Å². The second-order valence-electron chi connectivity index (χ2n) is 7.67. The number of ketones is 1. The number of hydrogen-bond acceptors (Lipinski definition) is 7. The van der Waals surface area contributed by atoms with Crippen molar-refractivity contribution < 1.29 is 29.3 Å². The van der Waals surface area contributed by atoms with Crippen molar-refractivity contribution in [1.29, 1.82) is 0 Å². The number of methoxy groups -OCH3 is 1. The summed E-state index contributed by atoms with van der Waals surface area (Å²) in [7, 11) is 1.42. The Labute approximate surface area is 188 Å². The molecule has 2 aliphatic heterocycles. The van der Waals surface area contributed by atoms with Crippen LogP contribution in [0.25, 0.3) is 0 Å². The Morgan fingerprint density at radius 1 is 1.16 bits per heavy atom. The Morgan fingerprint density at radius 3 is 2.53 bits per heavy atom. The van der Waals surface area contributed by atoms with E-state index in [-0.39, 0.29) is 35.2 Å². The summed E-state index contributed by atoms with van der Waals surface area (Å²) >= 11 is 1.15. The largest absolute Gasteiger partial charge is 0.504 e. The summed E-state index contributed by atoms with van der Waals surface area (Å²) in [6, 6.07) is 12.5. The van der Waals surface area contributed by atoms with E-state index in [9.17, 15) is 24.6 Å². The molecular weight excluding hydrogens is 432 g/mol. The number of nitrogens with two attached hydrogens (primary N) is 1. The molecule has 1 amide bonds. The molecule has 1 saturated heterocycles. The van der Waals surface area contributed by atoms with Gasteiger partial charge in [0.2, 0.25) is 5.91 Å². The van der Waals surface area contributed by atoms with Crippen molar-refractivity contribution >= 4 is 29.4 Å². The minimum absolute atomic E-state index is 0.0382. The van der Waals surface area contributed by atoms with Gasteiger partial charge in [-0.15, -0.1) is 0 Å². The van der Waals surface area contributed by atoms with E-state index >= 15 is 0 Å². The minimum Gasteiger partial charge on any atom is -0.504 e. The number of hydrogen-bond donors (Lipinski definition) is 3. The lowest BCUT2D eigenvalue weighted by Gasteiger charge is -2.51. The number of ether oxygens (including phenoxy) is 1. The summed E-state index contributed by atoms with van der Waals surface area (Å²) < 4.78 is 5.11. The lowest BCUT2D eigenvalue weighted by atomic mass is 9.85. The number of thioether (sulfide) groups is 1. The molecular formula is C23H22N2O6S. The third-order valence-corrected chi connectivity index (χ3v) is 6.95. The Hall–Kier alpha value is -3.46. The number of aromatic hydroxyl groups is 1. The van der Waals surface area contributed by atoms with Gasteiger partial charge in [0.1, 0.15) is 11.3 Å². The van der Waals surface area contributed by atoms with Gasteiger partial charge >= 0.3 is 5.97 Å². The zero-order valence-corrected chi connectivity index (χ0v) is 18.0. The molecule has 2 aromatic rings. The van der Waals surface area contributed by atoms with E-state index < -0.39 is 29.2 Å². The van der Waals surface area contributed by atoms with Crippen molar-refractivity contribution in [2.45, 2.75) is 24.3 Å². The molecule has 1 unspecified atom stereocenters. The van der Waals surface area contributed by atoms with Crippen LogP contribution in [0, 0.1) is 5.92 Å². The number of rotatable bonds is 7. The van der Waals surface area contributed by atoms with Crippen LogP contribution in [0.5, 0.6) is 11.5 Å². The predicted octanol–water partition coefficient (Wildman–Crippen LogP) is 1.91. The third-order valence-electron chi connectivity index (χ3n) is 5.69. The molecule has 0 aliphatic carbocycles. The molecule has 0 radical (unpaired) electrons. The Balaban J connectivity index is 1.59. The number of nitrogens with zero attached hydrogens (tertiary/aromatic N) is 1. The highest BCUT2D eigenvalue weighted by atomic mass is 32.2. The van der Waals surface area contributed by atoms with Gasteiger partial charge in [0.05, 0.1) is 12.1 Å². The summed E-state index contributed by atoms with van der Waals surface area (Å²) in [6.07, 6.45) is 0.259. The van der Waals surface area contributed by atoms with Gasteiger partial charge in [-0.05, 0) is 35.3 Å². The molecule has 0 spiro atoms. The van der Waals surface area contributed by atoms with Gasteiger partial charge in [-0.3, -0.25) is 9.59 Å². The highest BCUT2D eigenvalue weighted by molar-refractivity contribution is 8.03. The summed E-state index contributed by atoms with van der Waals surface area (Å²) in [5.74, 6) is -2.66. The smallest absolute Gasteiger partial charge is 0.330 e. The number of carboxylic acid groups (broad SMARTS) is 1. The molecule has 9 heteroatoms. The first kappa shape index (κ1) is 21.8. The quantitative estimate of drug-likeness (QED) is 0.427. The van der Waals surface area contributed by atoms with Crippen LogP contribution in [-0.4, -0.2) is 51.3 Å². The average Bonchev–Trinajstić information content (AvgIpc) is 2.76. The molecule has 4 rings (SSSR count). The number of aliphatic carboxylic acids is 1. The SMILES string of the molecule is COc1cc(CC2=C(N)S[C@@H]3[C@H](C(=O)Cc4ccccc4)C(=O)N3C2C(=O)O)ccc1O. The number of amides is 1. The highest BCUT2D eigenvalue weighted by Crippen LogP contribution is 2.47. The molecule has 4 N–H and O–H groups in total. The Morgan fingerprint density at radius 2 is 1.88 bits per heavy atom. The molecule has 0 aromatic heterocycles. The lowest BCUT2D eigenvalue weighted by Crippen LogP contribution is -2.69.